The van der Waals surface area contributed by atoms with Crippen LogP contribution in [0.25, 0.3) is 0 Å². The minimum Gasteiger partial charge on any atom is -0.462 e. The fourth-order valence-corrected chi connectivity index (χ4v) is 3.17. The summed E-state index contributed by atoms with van der Waals surface area (Å²) in [5.41, 5.74) is 7.20. The minimum atomic E-state index is -0.321. The predicted octanol–water partition coefficient (Wildman–Crippen LogP) is 5.99. The molecule has 1 aromatic carbocycles. The molecule has 2 rings (SSSR count). The molecule has 2 N–H and O–H groups in total. The number of nitrogen functional groups attached to an aromatic ring is 1. The van der Waals surface area contributed by atoms with E-state index in [1.54, 1.807) is 30.3 Å². The fraction of sp³-hybridized carbons (Fsp3) is 0.400. The summed E-state index contributed by atoms with van der Waals surface area (Å²) in [6.07, 6.45) is 4.39. The van der Waals surface area contributed by atoms with Crippen LogP contribution < -0.4 is 5.73 Å². The van der Waals surface area contributed by atoms with Crippen molar-refractivity contribution in [2.75, 3.05) is 12.3 Å². The normalized spacial score (nSPS) is 12.0. The fourth-order valence-electron chi connectivity index (χ4n) is 2.47. The van der Waals surface area contributed by atoms with Crippen molar-refractivity contribution in [1.29, 1.82) is 5.26 Å². The van der Waals surface area contributed by atoms with Crippen molar-refractivity contribution in [2.45, 2.75) is 39.5 Å². The van der Waals surface area contributed by atoms with Crippen molar-refractivity contribution in [3.8, 4) is 6.07 Å². The van der Waals surface area contributed by atoms with E-state index >= 15 is 0 Å². The Morgan fingerprint density at radius 2 is 2.04 bits per heavy atom. The Morgan fingerprint density at radius 1 is 1.30 bits per heavy atom. The van der Waals surface area contributed by atoms with Crippen molar-refractivity contribution in [3.63, 3.8) is 0 Å². The van der Waals surface area contributed by atoms with Gasteiger partial charge in [-0.15, -0.1) is 10.2 Å². The molecule has 0 radical (unpaired) electrons. The summed E-state index contributed by atoms with van der Waals surface area (Å²) >= 11 is 1.20. The van der Waals surface area contributed by atoms with E-state index in [-0.39, 0.29) is 5.97 Å². The lowest BCUT2D eigenvalue weighted by Gasteiger charge is -2.14. The quantitative estimate of drug-likeness (QED) is 0.424. The molecule has 7 heteroatoms. The average molecular weight is 385 g/mol. The van der Waals surface area contributed by atoms with Crippen LogP contribution in [0, 0.1) is 17.2 Å². The number of anilines is 1. The van der Waals surface area contributed by atoms with Gasteiger partial charge in [-0.1, -0.05) is 44.4 Å². The van der Waals surface area contributed by atoms with E-state index in [1.165, 1.54) is 11.3 Å². The zero-order chi connectivity index (χ0) is 19.6. The lowest BCUT2D eigenvalue weighted by molar-refractivity contribution is 0.0428. The minimum absolute atomic E-state index is 0.321. The Kier molecular flexibility index (Phi) is 7.96. The van der Waals surface area contributed by atoms with Gasteiger partial charge < -0.3 is 10.5 Å². The Morgan fingerprint density at radius 3 is 2.63 bits per heavy atom. The number of esters is 1. The van der Waals surface area contributed by atoms with Crippen molar-refractivity contribution in [1.82, 2.24) is 0 Å². The highest BCUT2D eigenvalue weighted by molar-refractivity contribution is 7.19. The van der Waals surface area contributed by atoms with Gasteiger partial charge in [-0.25, -0.2) is 4.79 Å². The van der Waals surface area contributed by atoms with E-state index in [0.717, 1.165) is 25.7 Å². The van der Waals surface area contributed by atoms with Crippen LogP contribution in [0.4, 0.5) is 15.7 Å². The van der Waals surface area contributed by atoms with Gasteiger partial charge in [0.25, 0.3) is 0 Å². The van der Waals surface area contributed by atoms with Crippen LogP contribution in [0.15, 0.2) is 40.6 Å². The maximum absolute atomic E-state index is 12.2. The van der Waals surface area contributed by atoms with Crippen LogP contribution in [0.2, 0.25) is 0 Å². The van der Waals surface area contributed by atoms with Gasteiger partial charge in [-0.3, -0.25) is 0 Å². The van der Waals surface area contributed by atoms with E-state index in [1.807, 2.05) is 6.07 Å². The van der Waals surface area contributed by atoms with Gasteiger partial charge in [-0.05, 0) is 42.7 Å². The van der Waals surface area contributed by atoms with Crippen LogP contribution >= 0.6 is 11.3 Å². The number of hydrogen-bond donors (Lipinski definition) is 1. The maximum atomic E-state index is 12.2. The molecule has 27 heavy (non-hydrogen) atoms. The van der Waals surface area contributed by atoms with Crippen LogP contribution in [-0.2, 0) is 4.74 Å². The molecular formula is C20H24N4O2S. The lowest BCUT2D eigenvalue weighted by atomic mass is 10.0. The molecule has 0 fully saturated rings. The first-order chi connectivity index (χ1) is 13.1. The number of carbonyl (C=O) groups is 1. The molecule has 1 aromatic heterocycles. The molecule has 0 saturated heterocycles. The predicted molar refractivity (Wildman–Crippen MR) is 108 cm³/mol. The average Bonchev–Trinajstić information content (AvgIpc) is 3.06. The molecule has 0 aliphatic rings. The Balaban J connectivity index is 1.92. The molecule has 1 unspecified atom stereocenters. The van der Waals surface area contributed by atoms with Gasteiger partial charge in [0.05, 0.1) is 23.4 Å². The molecule has 0 spiro atoms. The third kappa shape index (κ3) is 6.19. The smallest absolute Gasteiger partial charge is 0.338 e. The van der Waals surface area contributed by atoms with Gasteiger partial charge in [0.1, 0.15) is 16.1 Å². The van der Waals surface area contributed by atoms with E-state index < -0.39 is 0 Å². The van der Waals surface area contributed by atoms with Crippen LogP contribution in [0.1, 0.15) is 55.5 Å². The summed E-state index contributed by atoms with van der Waals surface area (Å²) in [7, 11) is 0. The van der Waals surface area contributed by atoms with Gasteiger partial charge in [-0.2, -0.15) is 5.26 Å². The SMILES string of the molecule is CCCCC(CC)COC(=O)c1ccc(N=Nc2cc(C#N)c(N)s2)cc1. The molecule has 0 aliphatic carbocycles. The van der Waals surface area contributed by atoms with E-state index in [0.29, 0.717) is 39.3 Å². The second kappa shape index (κ2) is 10.4. The maximum Gasteiger partial charge on any atom is 0.338 e. The van der Waals surface area contributed by atoms with Crippen molar-refractivity contribution in [2.24, 2.45) is 16.1 Å². The van der Waals surface area contributed by atoms with E-state index in [4.69, 9.17) is 15.7 Å². The molecule has 2 aromatic rings. The molecule has 0 bridgehead atoms. The number of nitrogens with zero attached hydrogens (tertiary/aromatic N) is 3. The number of ether oxygens (including phenoxy) is 1. The standard InChI is InChI=1S/C20H24N4O2S/c1-3-5-6-14(4-2)13-26-20(25)15-7-9-17(10-8-15)23-24-18-11-16(12-21)19(22)27-18/h7-11,14H,3-6,13,22H2,1-2H3. The van der Waals surface area contributed by atoms with Gasteiger partial charge >= 0.3 is 5.97 Å². The van der Waals surface area contributed by atoms with Gasteiger partial charge in [0, 0.05) is 0 Å². The molecule has 0 aliphatic heterocycles. The van der Waals surface area contributed by atoms with Crippen molar-refractivity contribution in [3.05, 3.63) is 41.5 Å². The Labute approximate surface area is 163 Å². The second-order valence-corrected chi connectivity index (χ2v) is 7.30. The van der Waals surface area contributed by atoms with Crippen molar-refractivity contribution >= 4 is 33.0 Å². The molecule has 142 valence electrons. The van der Waals surface area contributed by atoms with Crippen LogP contribution in [0.5, 0.6) is 0 Å². The second-order valence-electron chi connectivity index (χ2n) is 6.24. The number of nitrogens with two attached hydrogens (primary N) is 1. The topological polar surface area (TPSA) is 101 Å². The number of thiophene rings is 1. The molecule has 1 heterocycles. The Hall–Kier alpha value is -2.72. The third-order valence-electron chi connectivity index (χ3n) is 4.23. The number of carbonyl (C=O) groups excluding carboxylic acids is 1. The highest BCUT2D eigenvalue weighted by Gasteiger charge is 2.12. The number of rotatable bonds is 9. The molecule has 1 atom stereocenters. The number of benzene rings is 1. The molecular weight excluding hydrogens is 360 g/mol. The summed E-state index contributed by atoms with van der Waals surface area (Å²) in [6, 6.07) is 10.4. The van der Waals surface area contributed by atoms with E-state index in [9.17, 15) is 4.79 Å². The molecule has 6 nitrogen and oxygen atoms in total. The number of hydrogen-bond acceptors (Lipinski definition) is 7. The summed E-state index contributed by atoms with van der Waals surface area (Å²) < 4.78 is 5.44. The Bertz CT molecular complexity index is 821. The highest BCUT2D eigenvalue weighted by atomic mass is 32.1. The summed E-state index contributed by atoms with van der Waals surface area (Å²) in [5, 5.41) is 18.1. The molecule has 0 saturated carbocycles. The van der Waals surface area contributed by atoms with Gasteiger partial charge in [0.15, 0.2) is 0 Å². The largest absolute Gasteiger partial charge is 0.462 e. The zero-order valence-electron chi connectivity index (χ0n) is 15.6. The first kappa shape index (κ1) is 20.6. The number of nitriles is 1. The monoisotopic (exact) mass is 384 g/mol. The zero-order valence-corrected chi connectivity index (χ0v) is 16.5. The summed E-state index contributed by atoms with van der Waals surface area (Å²) in [6.45, 7) is 4.74. The van der Waals surface area contributed by atoms with Gasteiger partial charge in [0.2, 0.25) is 0 Å². The highest BCUT2D eigenvalue weighted by Crippen LogP contribution is 2.32. The number of unbranched alkanes of at least 4 members (excludes halogenated alkanes) is 1. The first-order valence-electron chi connectivity index (χ1n) is 9.05. The number of azo groups is 1. The van der Waals surface area contributed by atoms with Crippen LogP contribution in [-0.4, -0.2) is 12.6 Å². The molecule has 0 amide bonds. The third-order valence-corrected chi connectivity index (χ3v) is 5.08. The lowest BCUT2D eigenvalue weighted by Crippen LogP contribution is -2.13. The first-order valence-corrected chi connectivity index (χ1v) is 9.87. The van der Waals surface area contributed by atoms with Crippen molar-refractivity contribution < 1.29 is 9.53 Å². The summed E-state index contributed by atoms with van der Waals surface area (Å²) in [5.74, 6) is 0.0941. The summed E-state index contributed by atoms with van der Waals surface area (Å²) in [4.78, 5) is 12.2. The van der Waals surface area contributed by atoms with Crippen LogP contribution in [0.3, 0.4) is 0 Å². The van der Waals surface area contributed by atoms with E-state index in [2.05, 4.69) is 24.1 Å².